The molecule has 1 N–H and O–H groups in total. The van der Waals surface area contributed by atoms with Crippen LogP contribution in [0, 0.1) is 5.92 Å². The first-order chi connectivity index (χ1) is 8.72. The van der Waals surface area contributed by atoms with Crippen LogP contribution in [-0.2, 0) is 6.42 Å². The third kappa shape index (κ3) is 2.61. The Morgan fingerprint density at radius 3 is 2.72 bits per heavy atom. The van der Waals surface area contributed by atoms with Crippen LogP contribution in [0.25, 0.3) is 0 Å². The maximum atomic E-state index is 5.44. The van der Waals surface area contributed by atoms with Crippen LogP contribution in [-0.4, -0.2) is 18.9 Å². The van der Waals surface area contributed by atoms with Crippen molar-refractivity contribution < 1.29 is 9.47 Å². The van der Waals surface area contributed by atoms with Crippen molar-refractivity contribution in [1.82, 2.24) is 5.32 Å². The summed E-state index contributed by atoms with van der Waals surface area (Å²) in [5, 5.41) is 3.69. The van der Waals surface area contributed by atoms with Gasteiger partial charge in [0.1, 0.15) is 0 Å². The van der Waals surface area contributed by atoms with E-state index in [4.69, 9.17) is 9.47 Å². The Hall–Kier alpha value is -1.22. The Labute approximate surface area is 108 Å². The van der Waals surface area contributed by atoms with E-state index in [-0.39, 0.29) is 0 Å². The number of fused-ring (bicyclic) bond motifs is 1. The van der Waals surface area contributed by atoms with Crippen molar-refractivity contribution in [2.75, 3.05) is 6.79 Å². The normalized spacial score (nSPS) is 19.3. The van der Waals surface area contributed by atoms with Crippen molar-refractivity contribution in [3.8, 4) is 11.5 Å². The lowest BCUT2D eigenvalue weighted by Gasteiger charge is -2.21. The van der Waals surface area contributed by atoms with Gasteiger partial charge in [-0.3, -0.25) is 0 Å². The second kappa shape index (κ2) is 4.81. The van der Waals surface area contributed by atoms with Crippen LogP contribution in [0.15, 0.2) is 18.2 Å². The summed E-state index contributed by atoms with van der Waals surface area (Å²) in [6.45, 7) is 4.79. The second-order valence-corrected chi connectivity index (χ2v) is 5.66. The predicted octanol–water partition coefficient (Wildman–Crippen LogP) is 2.73. The average Bonchev–Trinajstić information content (AvgIpc) is 3.07. The van der Waals surface area contributed by atoms with Gasteiger partial charge in [0.15, 0.2) is 11.5 Å². The molecular weight excluding hydrogens is 226 g/mol. The maximum absolute atomic E-state index is 5.44. The summed E-state index contributed by atoms with van der Waals surface area (Å²) in [4.78, 5) is 0. The van der Waals surface area contributed by atoms with E-state index in [1.165, 1.54) is 18.4 Å². The molecule has 2 aliphatic rings. The van der Waals surface area contributed by atoms with Gasteiger partial charge in [-0.25, -0.2) is 0 Å². The summed E-state index contributed by atoms with van der Waals surface area (Å²) in [5.41, 5.74) is 1.34. The number of hydrogen-bond acceptors (Lipinski definition) is 3. The molecule has 0 spiro atoms. The van der Waals surface area contributed by atoms with Gasteiger partial charge in [0.25, 0.3) is 0 Å². The summed E-state index contributed by atoms with van der Waals surface area (Å²) in [5.74, 6) is 2.63. The quantitative estimate of drug-likeness (QED) is 0.868. The van der Waals surface area contributed by atoms with Gasteiger partial charge in [0, 0.05) is 12.1 Å². The summed E-state index contributed by atoms with van der Waals surface area (Å²) < 4.78 is 10.8. The predicted molar refractivity (Wildman–Crippen MR) is 71.1 cm³/mol. The smallest absolute Gasteiger partial charge is 0.231 e. The summed E-state index contributed by atoms with van der Waals surface area (Å²) in [7, 11) is 0. The summed E-state index contributed by atoms with van der Waals surface area (Å²) in [6.07, 6.45) is 3.82. The lowest BCUT2D eigenvalue weighted by Crippen LogP contribution is -2.38. The molecule has 1 unspecified atom stereocenters. The SMILES string of the molecule is CC(C)NC(Cc1ccc2c(c1)OCO2)C1CC1. The van der Waals surface area contributed by atoms with Crippen LogP contribution in [0.2, 0.25) is 0 Å². The first kappa shape index (κ1) is 11.8. The maximum Gasteiger partial charge on any atom is 0.231 e. The van der Waals surface area contributed by atoms with E-state index in [1.807, 2.05) is 6.07 Å². The van der Waals surface area contributed by atoms with E-state index in [0.717, 1.165) is 23.8 Å². The lowest BCUT2D eigenvalue weighted by molar-refractivity contribution is 0.174. The van der Waals surface area contributed by atoms with Gasteiger partial charge >= 0.3 is 0 Å². The minimum Gasteiger partial charge on any atom is -0.454 e. The Balaban J connectivity index is 1.70. The summed E-state index contributed by atoms with van der Waals surface area (Å²) >= 11 is 0. The highest BCUT2D eigenvalue weighted by Crippen LogP contribution is 2.36. The topological polar surface area (TPSA) is 30.5 Å². The molecule has 98 valence electrons. The lowest BCUT2D eigenvalue weighted by atomic mass is 10.0. The van der Waals surface area contributed by atoms with Crippen molar-refractivity contribution in [1.29, 1.82) is 0 Å². The first-order valence-electron chi connectivity index (χ1n) is 6.87. The number of hydrogen-bond donors (Lipinski definition) is 1. The number of ether oxygens (including phenoxy) is 2. The van der Waals surface area contributed by atoms with Gasteiger partial charge in [-0.05, 0) is 42.9 Å². The Morgan fingerprint density at radius 1 is 1.22 bits per heavy atom. The molecule has 0 radical (unpaired) electrons. The fourth-order valence-corrected chi connectivity index (χ4v) is 2.61. The van der Waals surface area contributed by atoms with Gasteiger partial charge in [-0.15, -0.1) is 0 Å². The fourth-order valence-electron chi connectivity index (χ4n) is 2.61. The van der Waals surface area contributed by atoms with Crippen molar-refractivity contribution in [3.05, 3.63) is 23.8 Å². The average molecular weight is 247 g/mol. The highest BCUT2D eigenvalue weighted by molar-refractivity contribution is 5.44. The van der Waals surface area contributed by atoms with Crippen LogP contribution in [0.5, 0.6) is 11.5 Å². The monoisotopic (exact) mass is 247 g/mol. The van der Waals surface area contributed by atoms with Crippen molar-refractivity contribution in [2.45, 2.75) is 45.2 Å². The number of benzene rings is 1. The third-order valence-corrected chi connectivity index (χ3v) is 3.63. The number of nitrogens with one attached hydrogen (secondary N) is 1. The zero-order valence-electron chi connectivity index (χ0n) is 11.1. The molecule has 1 aromatic rings. The van der Waals surface area contributed by atoms with Crippen LogP contribution in [0.1, 0.15) is 32.3 Å². The zero-order chi connectivity index (χ0) is 12.5. The summed E-state index contributed by atoms with van der Waals surface area (Å²) in [6, 6.07) is 7.46. The molecule has 0 saturated heterocycles. The molecule has 1 saturated carbocycles. The van der Waals surface area contributed by atoms with Crippen LogP contribution in [0.3, 0.4) is 0 Å². The van der Waals surface area contributed by atoms with Crippen LogP contribution in [0.4, 0.5) is 0 Å². The standard InChI is InChI=1S/C15H21NO2/c1-10(2)16-13(12-4-5-12)7-11-3-6-14-15(8-11)18-9-17-14/h3,6,8,10,12-13,16H,4-5,7,9H2,1-2H3. The minimum atomic E-state index is 0.356. The Morgan fingerprint density at radius 2 is 2.00 bits per heavy atom. The largest absolute Gasteiger partial charge is 0.454 e. The highest BCUT2D eigenvalue weighted by atomic mass is 16.7. The van der Waals surface area contributed by atoms with E-state index in [9.17, 15) is 0 Å². The molecule has 0 amide bonds. The van der Waals surface area contributed by atoms with E-state index >= 15 is 0 Å². The molecule has 18 heavy (non-hydrogen) atoms. The van der Waals surface area contributed by atoms with E-state index in [2.05, 4.69) is 31.3 Å². The van der Waals surface area contributed by atoms with Gasteiger partial charge in [-0.2, -0.15) is 0 Å². The van der Waals surface area contributed by atoms with Crippen molar-refractivity contribution >= 4 is 0 Å². The highest BCUT2D eigenvalue weighted by Gasteiger charge is 2.31. The second-order valence-electron chi connectivity index (χ2n) is 5.66. The third-order valence-electron chi connectivity index (χ3n) is 3.63. The molecule has 1 aliphatic carbocycles. The molecule has 1 atom stereocenters. The Kier molecular flexibility index (Phi) is 3.16. The Bertz CT molecular complexity index is 427. The molecule has 1 fully saturated rings. The fraction of sp³-hybridized carbons (Fsp3) is 0.600. The van der Waals surface area contributed by atoms with Gasteiger partial charge in [-0.1, -0.05) is 19.9 Å². The molecule has 3 heteroatoms. The first-order valence-corrected chi connectivity index (χ1v) is 6.87. The zero-order valence-corrected chi connectivity index (χ0v) is 11.1. The molecule has 1 heterocycles. The molecule has 0 bridgehead atoms. The molecule has 3 rings (SSSR count). The van der Waals surface area contributed by atoms with Gasteiger partial charge in [0.2, 0.25) is 6.79 Å². The van der Waals surface area contributed by atoms with Gasteiger partial charge in [0.05, 0.1) is 0 Å². The number of rotatable bonds is 5. The van der Waals surface area contributed by atoms with Gasteiger partial charge < -0.3 is 14.8 Å². The van der Waals surface area contributed by atoms with Crippen LogP contribution < -0.4 is 14.8 Å². The van der Waals surface area contributed by atoms with Crippen LogP contribution >= 0.6 is 0 Å². The molecule has 0 aromatic heterocycles. The molecule has 1 aromatic carbocycles. The van der Waals surface area contributed by atoms with E-state index in [1.54, 1.807) is 0 Å². The molecule has 3 nitrogen and oxygen atoms in total. The van der Waals surface area contributed by atoms with Crippen molar-refractivity contribution in [2.24, 2.45) is 5.92 Å². The molecular formula is C15H21NO2. The molecule has 1 aliphatic heterocycles. The van der Waals surface area contributed by atoms with E-state index < -0.39 is 0 Å². The van der Waals surface area contributed by atoms with Crippen molar-refractivity contribution in [3.63, 3.8) is 0 Å². The van der Waals surface area contributed by atoms with E-state index in [0.29, 0.717) is 18.9 Å². The minimum absolute atomic E-state index is 0.356.